The highest BCUT2D eigenvalue weighted by atomic mass is 16.5. The van der Waals surface area contributed by atoms with Gasteiger partial charge in [-0.3, -0.25) is 0 Å². The van der Waals surface area contributed by atoms with E-state index in [-0.39, 0.29) is 0 Å². The molecule has 0 aliphatic heterocycles. The molecule has 1 aliphatic rings. The number of allylic oxidation sites excluding steroid dienone is 2. The Morgan fingerprint density at radius 2 is 1.50 bits per heavy atom. The summed E-state index contributed by atoms with van der Waals surface area (Å²) in [5.74, 6) is 1.69. The molecule has 0 atom stereocenters. The number of benzene rings is 2. The molecule has 138 valence electrons. The van der Waals surface area contributed by atoms with Crippen LogP contribution in [0.15, 0.2) is 60.7 Å². The normalized spacial score (nSPS) is 20.5. The quantitative estimate of drug-likeness (QED) is 0.484. The van der Waals surface area contributed by atoms with E-state index in [2.05, 4.69) is 67.6 Å². The van der Waals surface area contributed by atoms with Gasteiger partial charge in [-0.15, -0.1) is 0 Å². The average Bonchev–Trinajstić information content (AvgIpc) is 2.70. The van der Waals surface area contributed by atoms with Crippen LogP contribution in [0.2, 0.25) is 0 Å². The van der Waals surface area contributed by atoms with Gasteiger partial charge in [-0.25, -0.2) is 0 Å². The van der Waals surface area contributed by atoms with Gasteiger partial charge in [0.1, 0.15) is 0 Å². The number of ether oxygens (including phenoxy) is 1. The van der Waals surface area contributed by atoms with Gasteiger partial charge in [0.2, 0.25) is 0 Å². The summed E-state index contributed by atoms with van der Waals surface area (Å²) in [5, 5.41) is 0. The summed E-state index contributed by atoms with van der Waals surface area (Å²) < 4.78 is 5.19. The predicted molar refractivity (Wildman–Crippen MR) is 111 cm³/mol. The van der Waals surface area contributed by atoms with E-state index in [0.717, 1.165) is 11.8 Å². The van der Waals surface area contributed by atoms with Crippen molar-refractivity contribution in [3.63, 3.8) is 0 Å². The maximum Gasteiger partial charge on any atom is 0.0713 e. The van der Waals surface area contributed by atoms with Crippen molar-refractivity contribution >= 4 is 0 Å². The Morgan fingerprint density at radius 3 is 2.08 bits per heavy atom. The Balaban J connectivity index is 1.56. The Kier molecular flexibility index (Phi) is 7.08. The Bertz CT molecular complexity index is 673. The zero-order valence-corrected chi connectivity index (χ0v) is 16.3. The SMILES string of the molecule is C/C=C/CCC1CCC(c2ccc(-c3ccc(COC)cc3)cc2)CC1. The van der Waals surface area contributed by atoms with E-state index in [1.54, 1.807) is 7.11 Å². The molecule has 0 unspecified atom stereocenters. The molecule has 2 aromatic rings. The van der Waals surface area contributed by atoms with Crippen molar-refractivity contribution in [1.29, 1.82) is 0 Å². The third kappa shape index (κ3) is 5.08. The van der Waals surface area contributed by atoms with Crippen molar-refractivity contribution in [2.45, 2.75) is 58.0 Å². The van der Waals surface area contributed by atoms with E-state index in [4.69, 9.17) is 4.74 Å². The number of hydrogen-bond acceptors (Lipinski definition) is 1. The monoisotopic (exact) mass is 348 g/mol. The minimum absolute atomic E-state index is 0.677. The van der Waals surface area contributed by atoms with Gasteiger partial charge in [0.15, 0.2) is 0 Å². The summed E-state index contributed by atoms with van der Waals surface area (Å²) >= 11 is 0. The van der Waals surface area contributed by atoms with Gasteiger partial charge in [-0.1, -0.05) is 60.7 Å². The highest BCUT2D eigenvalue weighted by Crippen LogP contribution is 2.38. The van der Waals surface area contributed by atoms with Crippen LogP contribution in [0.5, 0.6) is 0 Å². The minimum Gasteiger partial charge on any atom is -0.380 e. The molecule has 0 N–H and O–H groups in total. The van der Waals surface area contributed by atoms with Gasteiger partial charge in [0.05, 0.1) is 6.61 Å². The molecule has 1 fully saturated rings. The maximum atomic E-state index is 5.19. The molecule has 0 spiro atoms. The fourth-order valence-electron chi connectivity index (χ4n) is 4.19. The smallest absolute Gasteiger partial charge is 0.0713 e. The van der Waals surface area contributed by atoms with Crippen molar-refractivity contribution in [3.8, 4) is 11.1 Å². The standard InChI is InChI=1S/C25H32O/c1-3-4-5-6-20-7-11-22(12-8-20)24-15-17-25(18-16-24)23-13-9-21(10-14-23)19-26-2/h3-4,9-10,13-18,20,22H,5-8,11-12,19H2,1-2H3/b4-3+. The van der Waals surface area contributed by atoms with E-state index in [9.17, 15) is 0 Å². The first-order valence-electron chi connectivity index (χ1n) is 10.1. The van der Waals surface area contributed by atoms with Crippen LogP contribution in [-0.4, -0.2) is 7.11 Å². The Labute approximate surface area is 159 Å². The number of methoxy groups -OCH3 is 1. The molecular formula is C25H32O. The lowest BCUT2D eigenvalue weighted by atomic mass is 9.77. The molecule has 0 radical (unpaired) electrons. The first kappa shape index (κ1) is 18.9. The molecule has 0 saturated heterocycles. The van der Waals surface area contributed by atoms with Gasteiger partial charge in [-0.2, -0.15) is 0 Å². The molecule has 0 amide bonds. The molecule has 3 rings (SSSR count). The molecule has 0 aromatic heterocycles. The number of rotatable bonds is 7. The summed E-state index contributed by atoms with van der Waals surface area (Å²) in [6.07, 6.45) is 12.6. The van der Waals surface area contributed by atoms with E-state index in [1.165, 1.54) is 60.8 Å². The Hall–Kier alpha value is -1.86. The van der Waals surface area contributed by atoms with Gasteiger partial charge < -0.3 is 4.74 Å². The van der Waals surface area contributed by atoms with E-state index in [0.29, 0.717) is 6.61 Å². The third-order valence-electron chi connectivity index (χ3n) is 5.80. The molecule has 2 aromatic carbocycles. The van der Waals surface area contributed by atoms with Gasteiger partial charge in [-0.05, 0) is 79.5 Å². The van der Waals surface area contributed by atoms with Crippen LogP contribution in [-0.2, 0) is 11.3 Å². The molecule has 0 heterocycles. The minimum atomic E-state index is 0.677. The Morgan fingerprint density at radius 1 is 0.885 bits per heavy atom. The summed E-state index contributed by atoms with van der Waals surface area (Å²) in [5.41, 5.74) is 5.33. The van der Waals surface area contributed by atoms with E-state index < -0.39 is 0 Å². The second kappa shape index (κ2) is 9.73. The van der Waals surface area contributed by atoms with Crippen LogP contribution in [0.1, 0.15) is 62.5 Å². The largest absolute Gasteiger partial charge is 0.380 e. The van der Waals surface area contributed by atoms with Crippen LogP contribution in [0.25, 0.3) is 11.1 Å². The molecule has 1 saturated carbocycles. The first-order chi connectivity index (χ1) is 12.8. The van der Waals surface area contributed by atoms with Crippen molar-refractivity contribution in [1.82, 2.24) is 0 Å². The van der Waals surface area contributed by atoms with Crippen LogP contribution in [0.3, 0.4) is 0 Å². The molecular weight excluding hydrogens is 316 g/mol. The third-order valence-corrected chi connectivity index (χ3v) is 5.80. The molecule has 1 heteroatoms. The van der Waals surface area contributed by atoms with E-state index in [1.807, 2.05) is 0 Å². The summed E-state index contributed by atoms with van der Waals surface area (Å²) in [7, 11) is 1.74. The van der Waals surface area contributed by atoms with Gasteiger partial charge >= 0.3 is 0 Å². The molecule has 1 aliphatic carbocycles. The zero-order valence-electron chi connectivity index (χ0n) is 16.3. The fourth-order valence-corrected chi connectivity index (χ4v) is 4.19. The second-order valence-corrected chi connectivity index (χ2v) is 7.62. The predicted octanol–water partition coefficient (Wildman–Crippen LogP) is 7.13. The second-order valence-electron chi connectivity index (χ2n) is 7.62. The lowest BCUT2D eigenvalue weighted by Crippen LogP contribution is -2.13. The summed E-state index contributed by atoms with van der Waals surface area (Å²) in [6, 6.07) is 18.0. The fraction of sp³-hybridized carbons (Fsp3) is 0.440. The summed E-state index contributed by atoms with van der Waals surface area (Å²) in [4.78, 5) is 0. The van der Waals surface area contributed by atoms with Crippen LogP contribution >= 0.6 is 0 Å². The highest BCUT2D eigenvalue weighted by molar-refractivity contribution is 5.64. The van der Waals surface area contributed by atoms with E-state index >= 15 is 0 Å². The van der Waals surface area contributed by atoms with Gasteiger partial charge in [0, 0.05) is 7.11 Å². The van der Waals surface area contributed by atoms with Crippen molar-refractivity contribution in [3.05, 3.63) is 71.8 Å². The van der Waals surface area contributed by atoms with Crippen molar-refractivity contribution in [2.24, 2.45) is 5.92 Å². The van der Waals surface area contributed by atoms with Crippen LogP contribution in [0.4, 0.5) is 0 Å². The van der Waals surface area contributed by atoms with Crippen LogP contribution < -0.4 is 0 Å². The lowest BCUT2D eigenvalue weighted by molar-refractivity contribution is 0.185. The van der Waals surface area contributed by atoms with Crippen molar-refractivity contribution in [2.75, 3.05) is 7.11 Å². The lowest BCUT2D eigenvalue weighted by Gasteiger charge is -2.28. The van der Waals surface area contributed by atoms with Crippen LogP contribution in [0, 0.1) is 5.92 Å². The highest BCUT2D eigenvalue weighted by Gasteiger charge is 2.21. The topological polar surface area (TPSA) is 9.23 Å². The first-order valence-corrected chi connectivity index (χ1v) is 10.1. The summed E-state index contributed by atoms with van der Waals surface area (Å²) in [6.45, 7) is 2.80. The molecule has 0 bridgehead atoms. The maximum absolute atomic E-state index is 5.19. The van der Waals surface area contributed by atoms with Crippen molar-refractivity contribution < 1.29 is 4.74 Å². The van der Waals surface area contributed by atoms with Gasteiger partial charge in [0.25, 0.3) is 0 Å². The molecule has 1 nitrogen and oxygen atoms in total. The molecule has 26 heavy (non-hydrogen) atoms. The number of hydrogen-bond donors (Lipinski definition) is 0. The average molecular weight is 349 g/mol. The zero-order chi connectivity index (χ0) is 18.2.